The molecular weight excluding hydrogens is 316 g/mol. The highest BCUT2D eigenvalue weighted by molar-refractivity contribution is 5.88. The first-order valence-corrected chi connectivity index (χ1v) is 9.23. The molecule has 1 aromatic carbocycles. The lowest BCUT2D eigenvalue weighted by molar-refractivity contribution is -0.124. The second-order valence-electron chi connectivity index (χ2n) is 6.72. The van der Waals surface area contributed by atoms with Crippen molar-refractivity contribution in [3.05, 3.63) is 40.8 Å². The largest absolute Gasteiger partial charge is 0.483 e. The fraction of sp³-hybridized carbons (Fsp3) is 0.500. The Hall–Kier alpha value is -2.30. The number of hydrogen-bond acceptors (Lipinski definition) is 3. The van der Waals surface area contributed by atoms with Gasteiger partial charge in [0.1, 0.15) is 5.75 Å². The third-order valence-corrected chi connectivity index (χ3v) is 4.77. The van der Waals surface area contributed by atoms with Crippen molar-refractivity contribution in [3.8, 4) is 5.75 Å². The van der Waals surface area contributed by atoms with Gasteiger partial charge in [0.05, 0.1) is 5.39 Å². The van der Waals surface area contributed by atoms with Gasteiger partial charge in [0, 0.05) is 24.2 Å². The van der Waals surface area contributed by atoms with Crippen molar-refractivity contribution in [1.82, 2.24) is 9.88 Å². The molecule has 3 rings (SSSR count). The number of hydrogen-bond donors (Lipinski definition) is 1. The summed E-state index contributed by atoms with van der Waals surface area (Å²) in [5.74, 6) is 0.486. The van der Waals surface area contributed by atoms with Gasteiger partial charge in [-0.2, -0.15) is 0 Å². The topological polar surface area (TPSA) is 60.3 Å². The molecule has 0 bridgehead atoms. The summed E-state index contributed by atoms with van der Waals surface area (Å²) in [4.78, 5) is 24.6. The Morgan fingerprint density at radius 3 is 2.76 bits per heavy atom. The maximum atomic E-state index is 12.5. The van der Waals surface area contributed by atoms with Crippen molar-refractivity contribution in [2.45, 2.75) is 58.0 Å². The van der Waals surface area contributed by atoms with Gasteiger partial charge in [-0.25, -0.2) is 0 Å². The van der Waals surface area contributed by atoms with E-state index in [0.29, 0.717) is 17.7 Å². The molecule has 1 fully saturated rings. The van der Waals surface area contributed by atoms with Crippen molar-refractivity contribution >= 4 is 16.7 Å². The van der Waals surface area contributed by atoms with Crippen LogP contribution in [0.25, 0.3) is 10.8 Å². The fourth-order valence-electron chi connectivity index (χ4n) is 3.49. The lowest BCUT2D eigenvalue weighted by atomic mass is 9.95. The smallest absolute Gasteiger partial charge is 0.258 e. The number of nitrogens with one attached hydrogen (secondary N) is 1. The Kier molecular flexibility index (Phi) is 5.74. The van der Waals surface area contributed by atoms with Crippen LogP contribution in [0.5, 0.6) is 5.75 Å². The van der Waals surface area contributed by atoms with E-state index in [1.165, 1.54) is 19.3 Å². The minimum atomic E-state index is -0.0942. The number of ether oxygens (including phenoxy) is 1. The summed E-state index contributed by atoms with van der Waals surface area (Å²) >= 11 is 0. The summed E-state index contributed by atoms with van der Waals surface area (Å²) in [6, 6.07) is 7.58. The Morgan fingerprint density at radius 2 is 2.00 bits per heavy atom. The summed E-state index contributed by atoms with van der Waals surface area (Å²) in [5, 5.41) is 4.43. The molecule has 1 N–H and O–H groups in total. The highest BCUT2D eigenvalue weighted by Crippen LogP contribution is 2.23. The van der Waals surface area contributed by atoms with E-state index in [4.69, 9.17) is 4.74 Å². The van der Waals surface area contributed by atoms with Crippen LogP contribution in [0.15, 0.2) is 35.3 Å². The summed E-state index contributed by atoms with van der Waals surface area (Å²) in [5.41, 5.74) is -0.0172. The molecule has 1 aliphatic carbocycles. The average molecular weight is 342 g/mol. The average Bonchev–Trinajstić information content (AvgIpc) is 2.63. The standard InChI is InChI=1S/C20H26N2O3/c1-2-12-22-13-11-16-17(20(22)24)9-6-10-18(16)25-14-19(23)21-15-7-4-3-5-8-15/h6,9-11,13,15H,2-5,7-8,12,14H2,1H3,(H,21,23). The number of fused-ring (bicyclic) bond motifs is 1. The quantitative estimate of drug-likeness (QED) is 0.877. The van der Waals surface area contributed by atoms with Crippen LogP contribution in [-0.2, 0) is 11.3 Å². The van der Waals surface area contributed by atoms with Crippen molar-refractivity contribution < 1.29 is 9.53 Å². The molecule has 0 unspecified atom stereocenters. The van der Waals surface area contributed by atoms with E-state index in [1.807, 2.05) is 13.0 Å². The third kappa shape index (κ3) is 4.21. The monoisotopic (exact) mass is 342 g/mol. The molecule has 1 aromatic heterocycles. The molecule has 0 atom stereocenters. The van der Waals surface area contributed by atoms with Gasteiger partial charge in [-0.05, 0) is 37.5 Å². The van der Waals surface area contributed by atoms with E-state index in [0.717, 1.165) is 24.6 Å². The van der Waals surface area contributed by atoms with Gasteiger partial charge in [0.25, 0.3) is 11.5 Å². The Bertz CT molecular complexity index is 791. The van der Waals surface area contributed by atoms with Crippen molar-refractivity contribution in [1.29, 1.82) is 0 Å². The maximum absolute atomic E-state index is 12.5. The molecular formula is C20H26N2O3. The number of carbonyl (C=O) groups excluding carboxylic acids is 1. The van der Waals surface area contributed by atoms with E-state index < -0.39 is 0 Å². The third-order valence-electron chi connectivity index (χ3n) is 4.77. The van der Waals surface area contributed by atoms with Crippen molar-refractivity contribution in [2.24, 2.45) is 0 Å². The van der Waals surface area contributed by atoms with E-state index in [2.05, 4.69) is 5.32 Å². The Labute approximate surface area is 148 Å². The summed E-state index contributed by atoms with van der Waals surface area (Å²) in [6.07, 6.45) is 8.42. The van der Waals surface area contributed by atoms with Crippen LogP contribution < -0.4 is 15.6 Å². The highest BCUT2D eigenvalue weighted by atomic mass is 16.5. The zero-order chi connectivity index (χ0) is 17.6. The SMILES string of the molecule is CCCn1ccc2c(OCC(=O)NC3CCCCC3)cccc2c1=O. The molecule has 0 aliphatic heterocycles. The van der Waals surface area contributed by atoms with Crippen LogP contribution in [0.3, 0.4) is 0 Å². The van der Waals surface area contributed by atoms with Crippen LogP contribution in [0.1, 0.15) is 45.4 Å². The predicted molar refractivity (Wildman–Crippen MR) is 99.0 cm³/mol. The molecule has 25 heavy (non-hydrogen) atoms. The summed E-state index contributed by atoms with van der Waals surface area (Å²) in [7, 11) is 0. The van der Waals surface area contributed by atoms with Gasteiger partial charge in [-0.1, -0.05) is 32.3 Å². The normalized spacial score (nSPS) is 15.2. The molecule has 1 amide bonds. The molecule has 0 saturated heterocycles. The minimum Gasteiger partial charge on any atom is -0.483 e. The number of rotatable bonds is 6. The van der Waals surface area contributed by atoms with Crippen LogP contribution in [0.4, 0.5) is 0 Å². The van der Waals surface area contributed by atoms with Gasteiger partial charge in [0.15, 0.2) is 6.61 Å². The number of aryl methyl sites for hydroxylation is 1. The Balaban J connectivity index is 1.70. The van der Waals surface area contributed by atoms with Crippen LogP contribution in [0.2, 0.25) is 0 Å². The minimum absolute atomic E-state index is 0.0172. The molecule has 2 aromatic rings. The number of amides is 1. The van der Waals surface area contributed by atoms with E-state index >= 15 is 0 Å². The summed E-state index contributed by atoms with van der Waals surface area (Å²) in [6.45, 7) is 2.72. The maximum Gasteiger partial charge on any atom is 0.258 e. The molecule has 134 valence electrons. The first-order chi connectivity index (χ1) is 12.2. The van der Waals surface area contributed by atoms with Crippen molar-refractivity contribution in [3.63, 3.8) is 0 Å². The van der Waals surface area contributed by atoms with E-state index in [1.54, 1.807) is 29.0 Å². The molecule has 5 nitrogen and oxygen atoms in total. The zero-order valence-electron chi connectivity index (χ0n) is 14.8. The van der Waals surface area contributed by atoms with Crippen LogP contribution >= 0.6 is 0 Å². The van der Waals surface area contributed by atoms with E-state index in [-0.39, 0.29) is 24.1 Å². The number of aromatic nitrogens is 1. The zero-order valence-corrected chi connectivity index (χ0v) is 14.8. The molecule has 1 aliphatic rings. The van der Waals surface area contributed by atoms with Crippen molar-refractivity contribution in [2.75, 3.05) is 6.61 Å². The lowest BCUT2D eigenvalue weighted by Gasteiger charge is -2.22. The second kappa shape index (κ2) is 8.19. The van der Waals surface area contributed by atoms with E-state index in [9.17, 15) is 9.59 Å². The number of benzene rings is 1. The Morgan fingerprint density at radius 1 is 1.20 bits per heavy atom. The van der Waals surface area contributed by atoms with Gasteiger partial charge >= 0.3 is 0 Å². The van der Waals surface area contributed by atoms with Crippen LogP contribution in [-0.4, -0.2) is 23.1 Å². The van der Waals surface area contributed by atoms with Gasteiger partial charge < -0.3 is 14.6 Å². The number of pyridine rings is 1. The van der Waals surface area contributed by atoms with Crippen LogP contribution in [0, 0.1) is 0 Å². The van der Waals surface area contributed by atoms with Gasteiger partial charge in [-0.3, -0.25) is 9.59 Å². The summed E-state index contributed by atoms with van der Waals surface area (Å²) < 4.78 is 7.43. The van der Waals surface area contributed by atoms with Gasteiger partial charge in [-0.15, -0.1) is 0 Å². The van der Waals surface area contributed by atoms with Gasteiger partial charge in [0.2, 0.25) is 0 Å². The second-order valence-corrected chi connectivity index (χ2v) is 6.72. The fourth-order valence-corrected chi connectivity index (χ4v) is 3.49. The lowest BCUT2D eigenvalue weighted by Crippen LogP contribution is -2.39. The molecule has 5 heteroatoms. The number of nitrogens with zero attached hydrogens (tertiary/aromatic N) is 1. The first kappa shape index (κ1) is 17.5. The predicted octanol–water partition coefficient (Wildman–Crippen LogP) is 3.24. The molecule has 0 radical (unpaired) electrons. The molecule has 0 spiro atoms. The highest BCUT2D eigenvalue weighted by Gasteiger charge is 2.16. The molecule has 1 heterocycles. The number of carbonyl (C=O) groups is 1. The first-order valence-electron chi connectivity index (χ1n) is 9.23. The molecule has 1 saturated carbocycles.